The van der Waals surface area contributed by atoms with Crippen LogP contribution in [-0.4, -0.2) is 36.7 Å². The van der Waals surface area contributed by atoms with Crippen molar-refractivity contribution in [2.45, 2.75) is 18.9 Å². The Labute approximate surface area is 73.3 Å². The molecular weight excluding hydrogens is 160 g/mol. The van der Waals surface area contributed by atoms with Crippen molar-refractivity contribution in [1.29, 1.82) is 0 Å². The molecule has 0 aromatic heterocycles. The number of rotatable bonds is 5. The number of nitrogens with zero attached hydrogens (tertiary/aromatic N) is 1. The van der Waals surface area contributed by atoms with Crippen molar-refractivity contribution in [3.05, 3.63) is 0 Å². The summed E-state index contributed by atoms with van der Waals surface area (Å²) in [6, 6.07) is 0.241. The molecule has 0 bridgehead atoms. The van der Waals surface area contributed by atoms with Gasteiger partial charge in [-0.2, -0.15) is 12.6 Å². The van der Waals surface area contributed by atoms with Gasteiger partial charge in [0, 0.05) is 12.5 Å². The Morgan fingerprint density at radius 2 is 2.18 bits per heavy atom. The second-order valence-electron chi connectivity index (χ2n) is 2.80. The number of carbonyl (C=O) groups excluding carboxylic acids is 1. The van der Waals surface area contributed by atoms with Crippen molar-refractivity contribution in [3.63, 3.8) is 0 Å². The number of carbonyl (C=O) groups is 1. The van der Waals surface area contributed by atoms with Gasteiger partial charge in [0.25, 0.3) is 0 Å². The minimum absolute atomic E-state index is 0.241. The summed E-state index contributed by atoms with van der Waals surface area (Å²) >= 11 is 4.10. The normalized spacial score (nSPS) is 13.5. The van der Waals surface area contributed by atoms with Crippen LogP contribution in [0.2, 0.25) is 0 Å². The van der Waals surface area contributed by atoms with Crippen molar-refractivity contribution >= 4 is 18.5 Å². The van der Waals surface area contributed by atoms with Crippen LogP contribution in [0.1, 0.15) is 12.8 Å². The Balaban J connectivity index is 3.79. The molecule has 0 rings (SSSR count). The summed E-state index contributed by atoms with van der Waals surface area (Å²) in [5.74, 6) is 0.543. The maximum Gasteiger partial charge on any atom is 0.218 e. The van der Waals surface area contributed by atoms with Gasteiger partial charge in [-0.25, -0.2) is 0 Å². The highest BCUT2D eigenvalue weighted by atomic mass is 32.1. The Hall–Kier alpha value is -0.220. The van der Waals surface area contributed by atoms with Crippen molar-refractivity contribution in [3.8, 4) is 0 Å². The summed E-state index contributed by atoms with van der Waals surface area (Å²) in [5.41, 5.74) is 5.07. The molecule has 1 amide bonds. The van der Waals surface area contributed by atoms with Crippen molar-refractivity contribution < 1.29 is 4.79 Å². The molecule has 66 valence electrons. The third kappa shape index (κ3) is 5.09. The smallest absolute Gasteiger partial charge is 0.218 e. The van der Waals surface area contributed by atoms with Gasteiger partial charge in [0.2, 0.25) is 5.91 Å². The Morgan fingerprint density at radius 3 is 2.45 bits per heavy atom. The molecule has 0 aliphatic rings. The van der Waals surface area contributed by atoms with E-state index in [9.17, 15) is 4.79 Å². The quantitative estimate of drug-likeness (QED) is 0.584. The van der Waals surface area contributed by atoms with E-state index < -0.39 is 0 Å². The highest BCUT2D eigenvalue weighted by molar-refractivity contribution is 7.80. The number of nitrogens with two attached hydrogens (primary N) is 1. The van der Waals surface area contributed by atoms with Gasteiger partial charge in [0.1, 0.15) is 0 Å². The molecule has 1 unspecified atom stereocenters. The van der Waals surface area contributed by atoms with E-state index in [0.29, 0.717) is 6.42 Å². The molecule has 0 saturated heterocycles. The second-order valence-corrected chi connectivity index (χ2v) is 3.25. The summed E-state index contributed by atoms with van der Waals surface area (Å²) in [5, 5.41) is 0. The zero-order valence-corrected chi connectivity index (χ0v) is 7.97. The molecule has 0 aliphatic carbocycles. The highest BCUT2D eigenvalue weighted by Crippen LogP contribution is 2.04. The molecule has 1 atom stereocenters. The maximum atomic E-state index is 10.6. The lowest BCUT2D eigenvalue weighted by molar-refractivity contribution is -0.119. The molecule has 0 saturated carbocycles. The maximum absolute atomic E-state index is 10.6. The van der Waals surface area contributed by atoms with Crippen molar-refractivity contribution in [1.82, 2.24) is 4.90 Å². The van der Waals surface area contributed by atoms with Crippen LogP contribution < -0.4 is 5.73 Å². The molecule has 0 aromatic carbocycles. The fourth-order valence-corrected chi connectivity index (χ4v) is 1.22. The average Bonchev–Trinajstić information content (AvgIpc) is 1.86. The molecule has 0 heterocycles. The number of hydrogen-bond acceptors (Lipinski definition) is 3. The minimum atomic E-state index is -0.245. The monoisotopic (exact) mass is 176 g/mol. The van der Waals surface area contributed by atoms with E-state index in [-0.39, 0.29) is 11.9 Å². The van der Waals surface area contributed by atoms with Gasteiger partial charge in [0.05, 0.1) is 0 Å². The molecule has 0 aliphatic heterocycles. The molecule has 4 heteroatoms. The molecule has 0 radical (unpaired) electrons. The van der Waals surface area contributed by atoms with E-state index >= 15 is 0 Å². The third-order valence-electron chi connectivity index (χ3n) is 1.63. The molecule has 11 heavy (non-hydrogen) atoms. The van der Waals surface area contributed by atoms with Crippen LogP contribution in [-0.2, 0) is 4.79 Å². The zero-order chi connectivity index (χ0) is 8.85. The summed E-state index contributed by atoms with van der Waals surface area (Å²) in [6.45, 7) is 0. The lowest BCUT2D eigenvalue weighted by Crippen LogP contribution is -2.32. The molecule has 0 spiro atoms. The summed E-state index contributed by atoms with van der Waals surface area (Å²) in [6.07, 6.45) is 1.33. The van der Waals surface area contributed by atoms with E-state index in [0.717, 1.165) is 12.2 Å². The number of hydrogen-bond donors (Lipinski definition) is 2. The number of amides is 1. The molecule has 0 fully saturated rings. The third-order valence-corrected chi connectivity index (χ3v) is 1.89. The molecule has 2 N–H and O–H groups in total. The van der Waals surface area contributed by atoms with Gasteiger partial charge in [-0.3, -0.25) is 4.79 Å². The Morgan fingerprint density at radius 1 is 1.64 bits per heavy atom. The molecule has 0 aromatic rings. The van der Waals surface area contributed by atoms with E-state index in [1.54, 1.807) is 0 Å². The van der Waals surface area contributed by atoms with Crippen LogP contribution in [0.4, 0.5) is 0 Å². The van der Waals surface area contributed by atoms with Crippen LogP contribution >= 0.6 is 12.6 Å². The van der Waals surface area contributed by atoms with Gasteiger partial charge < -0.3 is 10.6 Å². The largest absolute Gasteiger partial charge is 0.370 e. The topological polar surface area (TPSA) is 46.3 Å². The Bertz CT molecular complexity index is 128. The fourth-order valence-electron chi connectivity index (χ4n) is 0.924. The van der Waals surface area contributed by atoms with Gasteiger partial charge in [-0.05, 0) is 26.3 Å². The van der Waals surface area contributed by atoms with Crippen molar-refractivity contribution in [2.75, 3.05) is 19.8 Å². The first kappa shape index (κ1) is 10.8. The van der Waals surface area contributed by atoms with Gasteiger partial charge in [-0.15, -0.1) is 0 Å². The predicted octanol–water partition coefficient (Wildman–Crippen LogP) is 0.112. The van der Waals surface area contributed by atoms with Crippen molar-refractivity contribution in [2.24, 2.45) is 5.73 Å². The number of primary amides is 1. The first-order valence-electron chi connectivity index (χ1n) is 3.63. The SMILES string of the molecule is CN(C)C(CCS)CC(N)=O. The van der Waals surface area contributed by atoms with Gasteiger partial charge in [0.15, 0.2) is 0 Å². The summed E-state index contributed by atoms with van der Waals surface area (Å²) in [7, 11) is 3.88. The van der Waals surface area contributed by atoms with E-state index in [1.165, 1.54) is 0 Å². The lowest BCUT2D eigenvalue weighted by Gasteiger charge is -2.21. The standard InChI is InChI=1S/C7H16N2OS/c1-9(2)6(3-4-11)5-7(8)10/h6,11H,3-5H2,1-2H3,(H2,8,10). The first-order valence-corrected chi connectivity index (χ1v) is 4.26. The fraction of sp³-hybridized carbons (Fsp3) is 0.857. The van der Waals surface area contributed by atoms with Crippen LogP contribution in [0.15, 0.2) is 0 Å². The van der Waals surface area contributed by atoms with E-state index in [4.69, 9.17) is 5.73 Å². The lowest BCUT2D eigenvalue weighted by atomic mass is 10.1. The van der Waals surface area contributed by atoms with Gasteiger partial charge >= 0.3 is 0 Å². The predicted molar refractivity (Wildman–Crippen MR) is 49.8 cm³/mol. The van der Waals surface area contributed by atoms with Crippen LogP contribution in [0.25, 0.3) is 0 Å². The summed E-state index contributed by atoms with van der Waals surface area (Å²) < 4.78 is 0. The van der Waals surface area contributed by atoms with Crippen LogP contribution in [0.5, 0.6) is 0 Å². The van der Waals surface area contributed by atoms with E-state index in [2.05, 4.69) is 12.6 Å². The average molecular weight is 176 g/mol. The first-order chi connectivity index (χ1) is 5.07. The second kappa shape index (κ2) is 5.43. The summed E-state index contributed by atoms with van der Waals surface area (Å²) in [4.78, 5) is 12.6. The van der Waals surface area contributed by atoms with Crippen LogP contribution in [0, 0.1) is 0 Å². The molecule has 3 nitrogen and oxygen atoms in total. The minimum Gasteiger partial charge on any atom is -0.370 e. The van der Waals surface area contributed by atoms with E-state index in [1.807, 2.05) is 19.0 Å². The zero-order valence-electron chi connectivity index (χ0n) is 7.08. The van der Waals surface area contributed by atoms with Gasteiger partial charge in [-0.1, -0.05) is 0 Å². The van der Waals surface area contributed by atoms with Crippen LogP contribution in [0.3, 0.4) is 0 Å². The highest BCUT2D eigenvalue weighted by Gasteiger charge is 2.12. The molecular formula is C7H16N2OS. The Kier molecular flexibility index (Phi) is 5.32. The number of thiol groups is 1.